The monoisotopic (exact) mass is 417 g/mol. The molecule has 1 aromatic carbocycles. The second kappa shape index (κ2) is 8.32. The summed E-state index contributed by atoms with van der Waals surface area (Å²) in [6.45, 7) is 6.01. The third-order valence-corrected chi connectivity index (χ3v) is 5.30. The van der Waals surface area contributed by atoms with Crippen LogP contribution < -0.4 is 4.74 Å². The number of aryl methyl sites for hydroxylation is 1. The van der Waals surface area contributed by atoms with E-state index in [0.717, 1.165) is 18.7 Å². The summed E-state index contributed by atoms with van der Waals surface area (Å²) in [5.41, 5.74) is 2.52. The number of nitrogens with zero attached hydrogens (tertiary/aromatic N) is 4. The summed E-state index contributed by atoms with van der Waals surface area (Å²) in [6.07, 6.45) is 1.54. The number of aromatic amines is 1. The molecule has 0 unspecified atom stereocenters. The Morgan fingerprint density at radius 2 is 2.17 bits per heavy atom. The molecule has 29 heavy (non-hydrogen) atoms. The summed E-state index contributed by atoms with van der Waals surface area (Å²) in [6, 6.07) is 4.80. The molecule has 3 heterocycles. The number of halogens is 1. The van der Waals surface area contributed by atoms with Crippen molar-refractivity contribution in [2.75, 3.05) is 39.5 Å². The summed E-state index contributed by atoms with van der Waals surface area (Å²) < 4.78 is 11.0. The first-order valence-corrected chi connectivity index (χ1v) is 9.63. The molecule has 0 spiro atoms. The molecule has 1 aliphatic heterocycles. The highest BCUT2D eigenvalue weighted by atomic mass is 35.5. The molecule has 152 valence electrons. The quantitative estimate of drug-likeness (QED) is 0.484. The van der Waals surface area contributed by atoms with Crippen LogP contribution in [0.4, 0.5) is 5.69 Å². The number of ether oxygens (including phenoxy) is 2. The molecule has 1 fully saturated rings. The molecule has 3 aromatic rings. The molecule has 1 N–H and O–H groups in total. The predicted octanol–water partition coefficient (Wildman–Crippen LogP) is 3.21. The van der Waals surface area contributed by atoms with Crippen LogP contribution >= 0.6 is 11.6 Å². The summed E-state index contributed by atoms with van der Waals surface area (Å²) in [4.78, 5) is 25.1. The van der Waals surface area contributed by atoms with Crippen LogP contribution in [0.2, 0.25) is 5.02 Å². The van der Waals surface area contributed by atoms with E-state index < -0.39 is 4.92 Å². The third-order valence-electron chi connectivity index (χ3n) is 4.92. The molecule has 0 amide bonds. The fourth-order valence-corrected chi connectivity index (χ4v) is 3.37. The van der Waals surface area contributed by atoms with Gasteiger partial charge in [0.25, 0.3) is 0 Å². The Bertz CT molecular complexity index is 1050. The van der Waals surface area contributed by atoms with Gasteiger partial charge < -0.3 is 14.5 Å². The molecular formula is C19H20ClN5O4. The number of hydrogen-bond acceptors (Lipinski definition) is 7. The predicted molar refractivity (Wildman–Crippen MR) is 108 cm³/mol. The molecule has 2 aromatic heterocycles. The zero-order valence-electron chi connectivity index (χ0n) is 15.9. The van der Waals surface area contributed by atoms with Crippen molar-refractivity contribution in [3.8, 4) is 17.1 Å². The van der Waals surface area contributed by atoms with E-state index in [1.807, 2.05) is 6.92 Å². The van der Waals surface area contributed by atoms with Crippen LogP contribution in [0.1, 0.15) is 5.56 Å². The molecule has 0 atom stereocenters. The average Bonchev–Trinajstić information content (AvgIpc) is 3.17. The Morgan fingerprint density at radius 1 is 1.38 bits per heavy atom. The fraction of sp³-hybridized carbons (Fsp3) is 0.368. The molecule has 9 nitrogen and oxygen atoms in total. The van der Waals surface area contributed by atoms with Crippen molar-refractivity contribution in [2.45, 2.75) is 6.92 Å². The van der Waals surface area contributed by atoms with Crippen LogP contribution in [0.15, 0.2) is 24.4 Å². The van der Waals surface area contributed by atoms with E-state index in [0.29, 0.717) is 53.9 Å². The Morgan fingerprint density at radius 3 is 2.93 bits per heavy atom. The van der Waals surface area contributed by atoms with Crippen LogP contribution in [-0.4, -0.2) is 64.2 Å². The lowest BCUT2D eigenvalue weighted by atomic mass is 10.2. The molecule has 0 aliphatic carbocycles. The van der Waals surface area contributed by atoms with Gasteiger partial charge in [0, 0.05) is 37.5 Å². The lowest BCUT2D eigenvalue weighted by Crippen LogP contribution is -2.38. The topological polar surface area (TPSA) is 106 Å². The van der Waals surface area contributed by atoms with Gasteiger partial charge in [-0.1, -0.05) is 11.6 Å². The van der Waals surface area contributed by atoms with E-state index in [2.05, 4.69) is 19.9 Å². The van der Waals surface area contributed by atoms with Crippen molar-refractivity contribution in [1.82, 2.24) is 19.9 Å². The van der Waals surface area contributed by atoms with Crippen LogP contribution in [-0.2, 0) is 4.74 Å². The van der Waals surface area contributed by atoms with Gasteiger partial charge in [-0.15, -0.1) is 0 Å². The highest BCUT2D eigenvalue weighted by Crippen LogP contribution is 2.33. The highest BCUT2D eigenvalue weighted by Gasteiger charge is 2.19. The maximum absolute atomic E-state index is 11.6. The van der Waals surface area contributed by atoms with E-state index >= 15 is 0 Å². The van der Waals surface area contributed by atoms with Gasteiger partial charge in [-0.2, -0.15) is 0 Å². The Kier molecular flexibility index (Phi) is 5.61. The van der Waals surface area contributed by atoms with E-state index in [-0.39, 0.29) is 11.4 Å². The van der Waals surface area contributed by atoms with Gasteiger partial charge in [0.05, 0.1) is 28.7 Å². The van der Waals surface area contributed by atoms with Crippen LogP contribution in [0.3, 0.4) is 0 Å². The Labute approximate surface area is 171 Å². The number of pyridine rings is 1. The van der Waals surface area contributed by atoms with Gasteiger partial charge in [-0.05, 0) is 24.6 Å². The molecule has 0 radical (unpaired) electrons. The fourth-order valence-electron chi connectivity index (χ4n) is 3.23. The lowest BCUT2D eigenvalue weighted by Gasteiger charge is -2.26. The number of H-pyrrole nitrogens is 1. The standard InChI is InChI=1S/C19H20ClN5O4/c1-12-14(20)11-21-19-17(12)22-18(23-19)13-2-3-16(15(10-13)25(26)27)29-9-6-24-4-7-28-8-5-24/h2-3,10-11H,4-9H2,1H3,(H,21,22,23). The van der Waals surface area contributed by atoms with Gasteiger partial charge in [0.15, 0.2) is 11.4 Å². The zero-order valence-corrected chi connectivity index (χ0v) is 16.6. The van der Waals surface area contributed by atoms with Gasteiger partial charge in [0.1, 0.15) is 12.4 Å². The number of hydrogen-bond donors (Lipinski definition) is 1. The first-order valence-electron chi connectivity index (χ1n) is 9.25. The van der Waals surface area contributed by atoms with Crippen molar-refractivity contribution in [2.24, 2.45) is 0 Å². The first kappa shape index (κ1) is 19.6. The van der Waals surface area contributed by atoms with Gasteiger partial charge in [-0.25, -0.2) is 9.97 Å². The smallest absolute Gasteiger partial charge is 0.311 e. The number of rotatable bonds is 6. The SMILES string of the molecule is Cc1c(Cl)cnc2nc(-c3ccc(OCCN4CCOCC4)c([N+](=O)[O-])c3)[nH]c12. The van der Waals surface area contributed by atoms with Crippen molar-refractivity contribution >= 4 is 28.5 Å². The molecule has 0 bridgehead atoms. The van der Waals surface area contributed by atoms with Crippen molar-refractivity contribution in [3.63, 3.8) is 0 Å². The summed E-state index contributed by atoms with van der Waals surface area (Å²) in [5.74, 6) is 0.723. The number of imidazole rings is 1. The normalized spacial score (nSPS) is 15.0. The minimum atomic E-state index is -0.448. The first-order chi connectivity index (χ1) is 14.0. The third kappa shape index (κ3) is 4.16. The Balaban J connectivity index is 1.55. The van der Waals surface area contributed by atoms with Crippen LogP contribution in [0.25, 0.3) is 22.6 Å². The number of aromatic nitrogens is 3. The summed E-state index contributed by atoms with van der Waals surface area (Å²) >= 11 is 6.11. The second-order valence-electron chi connectivity index (χ2n) is 6.76. The van der Waals surface area contributed by atoms with Gasteiger partial charge in [-0.3, -0.25) is 15.0 Å². The number of nitrogens with one attached hydrogen (secondary N) is 1. The van der Waals surface area contributed by atoms with Crippen LogP contribution in [0.5, 0.6) is 5.75 Å². The molecular weight excluding hydrogens is 398 g/mol. The van der Waals surface area contributed by atoms with Crippen molar-refractivity contribution < 1.29 is 14.4 Å². The minimum absolute atomic E-state index is 0.104. The van der Waals surface area contributed by atoms with E-state index in [1.54, 1.807) is 12.1 Å². The number of benzene rings is 1. The largest absolute Gasteiger partial charge is 0.485 e. The van der Waals surface area contributed by atoms with E-state index in [1.165, 1.54) is 12.3 Å². The van der Waals surface area contributed by atoms with E-state index in [9.17, 15) is 10.1 Å². The Hall–Kier alpha value is -2.75. The van der Waals surface area contributed by atoms with Gasteiger partial charge >= 0.3 is 5.69 Å². The number of morpholine rings is 1. The van der Waals surface area contributed by atoms with Crippen molar-refractivity contribution in [3.05, 3.63) is 45.1 Å². The number of fused-ring (bicyclic) bond motifs is 1. The average molecular weight is 418 g/mol. The molecule has 4 rings (SSSR count). The summed E-state index contributed by atoms with van der Waals surface area (Å²) in [7, 11) is 0. The van der Waals surface area contributed by atoms with Gasteiger partial charge in [0.2, 0.25) is 0 Å². The minimum Gasteiger partial charge on any atom is -0.485 e. The number of nitro benzene ring substituents is 1. The molecule has 0 saturated carbocycles. The second-order valence-corrected chi connectivity index (χ2v) is 7.16. The maximum Gasteiger partial charge on any atom is 0.311 e. The van der Waals surface area contributed by atoms with Crippen LogP contribution in [0, 0.1) is 17.0 Å². The molecule has 1 aliphatic rings. The number of nitro groups is 1. The summed E-state index contributed by atoms with van der Waals surface area (Å²) in [5, 5.41) is 12.1. The maximum atomic E-state index is 11.6. The molecule has 1 saturated heterocycles. The highest BCUT2D eigenvalue weighted by molar-refractivity contribution is 6.31. The molecule has 10 heteroatoms. The lowest BCUT2D eigenvalue weighted by molar-refractivity contribution is -0.385. The van der Waals surface area contributed by atoms with E-state index in [4.69, 9.17) is 21.1 Å². The van der Waals surface area contributed by atoms with Crippen molar-refractivity contribution in [1.29, 1.82) is 0 Å². The zero-order chi connectivity index (χ0) is 20.4.